The van der Waals surface area contributed by atoms with Crippen LogP contribution < -0.4 is 0 Å². The van der Waals surface area contributed by atoms with Gasteiger partial charge in [-0.2, -0.15) is 0 Å². The zero-order valence-corrected chi connectivity index (χ0v) is 10.3. The molecule has 19 heavy (non-hydrogen) atoms. The summed E-state index contributed by atoms with van der Waals surface area (Å²) in [6, 6.07) is 3.44. The van der Waals surface area contributed by atoms with Gasteiger partial charge in [-0.3, -0.25) is 15.0 Å². The zero-order chi connectivity index (χ0) is 13.8. The summed E-state index contributed by atoms with van der Waals surface area (Å²) in [7, 11) is 0. The number of aliphatic hydroxyl groups excluding tert-OH is 1. The molecule has 0 aromatic heterocycles. The van der Waals surface area contributed by atoms with Crippen LogP contribution in [-0.2, 0) is 11.3 Å². The Hall–Kier alpha value is -1.57. The first-order valence-corrected chi connectivity index (χ1v) is 5.98. The number of nitro benzene ring substituents is 1. The van der Waals surface area contributed by atoms with Gasteiger partial charge < -0.3 is 9.84 Å². The molecule has 1 heterocycles. The van der Waals surface area contributed by atoms with Crippen molar-refractivity contribution in [3.63, 3.8) is 0 Å². The van der Waals surface area contributed by atoms with Crippen molar-refractivity contribution in [3.05, 3.63) is 39.7 Å². The molecule has 1 fully saturated rings. The van der Waals surface area contributed by atoms with Crippen molar-refractivity contribution >= 4 is 5.69 Å². The molecule has 1 unspecified atom stereocenters. The lowest BCUT2D eigenvalue weighted by molar-refractivity contribution is -0.385. The predicted octanol–water partition coefficient (Wildman–Crippen LogP) is 0.927. The van der Waals surface area contributed by atoms with Gasteiger partial charge >= 0.3 is 0 Å². The van der Waals surface area contributed by atoms with Crippen LogP contribution in [-0.4, -0.2) is 47.3 Å². The number of halogens is 1. The van der Waals surface area contributed by atoms with Crippen LogP contribution in [0.4, 0.5) is 10.1 Å². The van der Waals surface area contributed by atoms with E-state index in [1.54, 1.807) is 0 Å². The lowest BCUT2D eigenvalue weighted by Gasteiger charge is -2.31. The number of morpholine rings is 1. The smallest absolute Gasteiger partial charge is 0.274 e. The molecule has 7 heteroatoms. The van der Waals surface area contributed by atoms with Gasteiger partial charge in [0.25, 0.3) is 5.69 Å². The topological polar surface area (TPSA) is 75.8 Å². The zero-order valence-electron chi connectivity index (χ0n) is 10.3. The van der Waals surface area contributed by atoms with Gasteiger partial charge in [-0.05, 0) is 12.1 Å². The third-order valence-corrected chi connectivity index (χ3v) is 3.06. The fourth-order valence-corrected chi connectivity index (χ4v) is 2.13. The standard InChI is InChI=1S/C12H15FN2O4/c13-10-1-2-12(15(17)18)9(5-10)6-14-3-4-19-11(7-14)8-16/h1-2,5,11,16H,3-4,6-8H2. The highest BCUT2D eigenvalue weighted by Crippen LogP contribution is 2.22. The average molecular weight is 270 g/mol. The lowest BCUT2D eigenvalue weighted by Crippen LogP contribution is -2.43. The Kier molecular flexibility index (Phi) is 4.41. The van der Waals surface area contributed by atoms with Gasteiger partial charge in [0.15, 0.2) is 0 Å². The van der Waals surface area contributed by atoms with Crippen LogP contribution in [0.15, 0.2) is 18.2 Å². The van der Waals surface area contributed by atoms with Gasteiger partial charge in [-0.25, -0.2) is 4.39 Å². The van der Waals surface area contributed by atoms with Crippen LogP contribution in [0.2, 0.25) is 0 Å². The van der Waals surface area contributed by atoms with Gasteiger partial charge in [0, 0.05) is 31.3 Å². The van der Waals surface area contributed by atoms with Crippen molar-refractivity contribution < 1.29 is 19.2 Å². The maximum atomic E-state index is 13.2. The summed E-state index contributed by atoms with van der Waals surface area (Å²) >= 11 is 0. The molecule has 0 saturated carbocycles. The summed E-state index contributed by atoms with van der Waals surface area (Å²) in [6.45, 7) is 1.71. The van der Waals surface area contributed by atoms with Crippen molar-refractivity contribution in [3.8, 4) is 0 Å². The van der Waals surface area contributed by atoms with Crippen LogP contribution in [0, 0.1) is 15.9 Å². The van der Waals surface area contributed by atoms with Crippen LogP contribution in [0.3, 0.4) is 0 Å². The molecule has 1 atom stereocenters. The van der Waals surface area contributed by atoms with Gasteiger partial charge in [-0.1, -0.05) is 0 Å². The minimum absolute atomic E-state index is 0.0894. The summed E-state index contributed by atoms with van der Waals surface area (Å²) in [5.74, 6) is -0.493. The first kappa shape index (κ1) is 13.9. The third-order valence-electron chi connectivity index (χ3n) is 3.06. The molecule has 0 bridgehead atoms. The fourth-order valence-electron chi connectivity index (χ4n) is 2.13. The molecule has 1 aliphatic rings. The number of ether oxygens (including phenoxy) is 1. The van der Waals surface area contributed by atoms with E-state index in [-0.39, 0.29) is 24.9 Å². The Morgan fingerprint density at radius 1 is 1.58 bits per heavy atom. The van der Waals surface area contributed by atoms with Crippen LogP contribution in [0.1, 0.15) is 5.56 Å². The maximum absolute atomic E-state index is 13.2. The van der Waals surface area contributed by atoms with E-state index in [1.165, 1.54) is 12.1 Å². The SMILES string of the molecule is O=[N+]([O-])c1ccc(F)cc1CN1CCOC(CO)C1. The number of hydrogen-bond donors (Lipinski definition) is 1. The number of benzene rings is 1. The number of rotatable bonds is 4. The number of hydrogen-bond acceptors (Lipinski definition) is 5. The molecule has 6 nitrogen and oxygen atoms in total. The lowest BCUT2D eigenvalue weighted by atomic mass is 10.1. The fraction of sp³-hybridized carbons (Fsp3) is 0.500. The molecular weight excluding hydrogens is 255 g/mol. The summed E-state index contributed by atoms with van der Waals surface area (Å²) in [4.78, 5) is 12.3. The van der Waals surface area contributed by atoms with E-state index in [4.69, 9.17) is 9.84 Å². The van der Waals surface area contributed by atoms with Crippen molar-refractivity contribution in [2.75, 3.05) is 26.3 Å². The quantitative estimate of drug-likeness (QED) is 0.650. The number of nitrogens with zero attached hydrogens (tertiary/aromatic N) is 2. The van der Waals surface area contributed by atoms with Crippen LogP contribution >= 0.6 is 0 Å². The van der Waals surface area contributed by atoms with Gasteiger partial charge in [-0.15, -0.1) is 0 Å². The summed E-state index contributed by atoms with van der Waals surface area (Å²) in [5.41, 5.74) is 0.247. The maximum Gasteiger partial charge on any atom is 0.274 e. The highest BCUT2D eigenvalue weighted by molar-refractivity contribution is 5.40. The number of nitro groups is 1. The van der Waals surface area contributed by atoms with E-state index < -0.39 is 10.7 Å². The molecule has 1 aromatic rings. The normalized spacial score (nSPS) is 20.4. The minimum Gasteiger partial charge on any atom is -0.394 e. The van der Waals surface area contributed by atoms with Crippen molar-refractivity contribution in [1.29, 1.82) is 0 Å². The van der Waals surface area contributed by atoms with Gasteiger partial charge in [0.05, 0.1) is 24.2 Å². The summed E-state index contributed by atoms with van der Waals surface area (Å²) < 4.78 is 18.5. The molecule has 1 aliphatic heterocycles. The molecule has 1 saturated heterocycles. The largest absolute Gasteiger partial charge is 0.394 e. The van der Waals surface area contributed by atoms with Crippen molar-refractivity contribution in [2.45, 2.75) is 12.6 Å². The molecule has 0 aliphatic carbocycles. The first-order valence-electron chi connectivity index (χ1n) is 5.98. The predicted molar refractivity (Wildman–Crippen MR) is 65.2 cm³/mol. The van der Waals surface area contributed by atoms with Gasteiger partial charge in [0.2, 0.25) is 0 Å². The van der Waals surface area contributed by atoms with Crippen LogP contribution in [0.5, 0.6) is 0 Å². The Bertz CT molecular complexity index is 469. The molecule has 0 amide bonds. The second kappa shape index (κ2) is 6.05. The monoisotopic (exact) mass is 270 g/mol. The highest BCUT2D eigenvalue weighted by Gasteiger charge is 2.23. The Labute approximate surface area is 109 Å². The number of aliphatic hydroxyl groups is 1. The van der Waals surface area contributed by atoms with E-state index in [2.05, 4.69) is 0 Å². The van der Waals surface area contributed by atoms with E-state index in [0.717, 1.165) is 6.07 Å². The van der Waals surface area contributed by atoms with E-state index in [9.17, 15) is 14.5 Å². The molecule has 0 radical (unpaired) electrons. The Morgan fingerprint density at radius 2 is 2.37 bits per heavy atom. The Morgan fingerprint density at radius 3 is 3.05 bits per heavy atom. The summed E-state index contributed by atoms with van der Waals surface area (Å²) in [5, 5.41) is 19.9. The average Bonchev–Trinajstić information content (AvgIpc) is 2.38. The summed E-state index contributed by atoms with van der Waals surface area (Å²) in [6.07, 6.45) is -0.290. The van der Waals surface area contributed by atoms with E-state index in [0.29, 0.717) is 25.3 Å². The van der Waals surface area contributed by atoms with Crippen molar-refractivity contribution in [1.82, 2.24) is 4.90 Å². The first-order chi connectivity index (χ1) is 9.10. The van der Waals surface area contributed by atoms with Crippen molar-refractivity contribution in [2.24, 2.45) is 0 Å². The molecule has 1 aromatic carbocycles. The second-order valence-electron chi connectivity index (χ2n) is 4.44. The Balaban J connectivity index is 2.13. The van der Waals surface area contributed by atoms with E-state index in [1.807, 2.05) is 4.90 Å². The molecule has 0 spiro atoms. The highest BCUT2D eigenvalue weighted by atomic mass is 19.1. The van der Waals surface area contributed by atoms with Crippen LogP contribution in [0.25, 0.3) is 0 Å². The molecular formula is C12H15FN2O4. The molecule has 104 valence electrons. The molecule has 2 rings (SSSR count). The van der Waals surface area contributed by atoms with E-state index >= 15 is 0 Å². The van der Waals surface area contributed by atoms with Gasteiger partial charge in [0.1, 0.15) is 5.82 Å². The molecule has 1 N–H and O–H groups in total. The second-order valence-corrected chi connectivity index (χ2v) is 4.44. The third kappa shape index (κ3) is 3.46. The minimum atomic E-state index is -0.515.